The van der Waals surface area contributed by atoms with E-state index in [0.29, 0.717) is 0 Å². The van der Waals surface area contributed by atoms with Crippen molar-refractivity contribution >= 4 is 41.3 Å². The molecule has 2 aromatic rings. The lowest BCUT2D eigenvalue weighted by Gasteiger charge is -2.22. The maximum Gasteiger partial charge on any atom is 0.193 e. The minimum atomic E-state index is 0. The van der Waals surface area contributed by atoms with E-state index in [1.54, 1.807) is 17.6 Å². The second-order valence-electron chi connectivity index (χ2n) is 5.50. The minimum Gasteiger partial charge on any atom is -0.469 e. The van der Waals surface area contributed by atoms with E-state index in [-0.39, 0.29) is 24.0 Å². The van der Waals surface area contributed by atoms with Crippen molar-refractivity contribution in [2.24, 2.45) is 4.99 Å². The first-order valence-corrected chi connectivity index (χ1v) is 8.94. The third-order valence-corrected chi connectivity index (χ3v) is 4.38. The van der Waals surface area contributed by atoms with Crippen LogP contribution in [0.5, 0.6) is 0 Å². The standard InChI is InChI=1S/C17H26N4OS.HI/c1-4-9-18-17(19-10-7-15-6-5-12-22-15)21(3)11-8-16-20-13-14(2)23-16;/h5-6,12-13H,4,7-11H2,1-3H3,(H,18,19);1H. The lowest BCUT2D eigenvalue weighted by atomic mass is 10.3. The molecular weight excluding hydrogens is 435 g/mol. The summed E-state index contributed by atoms with van der Waals surface area (Å²) >= 11 is 1.76. The number of likely N-dealkylation sites (N-methyl/N-ethyl adjacent to an activating group) is 1. The summed E-state index contributed by atoms with van der Waals surface area (Å²) in [5.41, 5.74) is 0. The molecule has 0 aromatic carbocycles. The summed E-state index contributed by atoms with van der Waals surface area (Å²) < 4.78 is 5.36. The van der Waals surface area contributed by atoms with Crippen LogP contribution in [0.2, 0.25) is 0 Å². The van der Waals surface area contributed by atoms with Gasteiger partial charge in [0.1, 0.15) is 5.76 Å². The molecule has 0 unspecified atom stereocenters. The highest BCUT2D eigenvalue weighted by atomic mass is 127. The molecule has 2 heterocycles. The van der Waals surface area contributed by atoms with E-state index in [1.165, 1.54) is 9.88 Å². The summed E-state index contributed by atoms with van der Waals surface area (Å²) in [4.78, 5) is 12.5. The number of aryl methyl sites for hydroxylation is 1. The van der Waals surface area contributed by atoms with Gasteiger partial charge in [-0.2, -0.15) is 0 Å². The number of guanidine groups is 1. The number of furan rings is 1. The maximum atomic E-state index is 5.36. The Balaban J connectivity index is 0.00000288. The Morgan fingerprint density at radius 2 is 2.25 bits per heavy atom. The van der Waals surface area contributed by atoms with Gasteiger partial charge in [-0.15, -0.1) is 35.3 Å². The van der Waals surface area contributed by atoms with Gasteiger partial charge in [-0.3, -0.25) is 4.99 Å². The zero-order chi connectivity index (χ0) is 16.5. The molecule has 134 valence electrons. The number of hydrogen-bond acceptors (Lipinski definition) is 4. The predicted molar refractivity (Wildman–Crippen MR) is 112 cm³/mol. The van der Waals surface area contributed by atoms with Gasteiger partial charge in [0, 0.05) is 50.6 Å². The number of nitrogens with zero attached hydrogens (tertiary/aromatic N) is 3. The van der Waals surface area contributed by atoms with Crippen molar-refractivity contribution in [1.82, 2.24) is 15.2 Å². The van der Waals surface area contributed by atoms with Crippen molar-refractivity contribution in [2.75, 3.05) is 26.7 Å². The molecule has 1 N–H and O–H groups in total. The lowest BCUT2D eigenvalue weighted by Crippen LogP contribution is -2.41. The molecule has 0 aliphatic carbocycles. The normalized spacial score (nSPS) is 11.2. The molecule has 0 fully saturated rings. The molecular formula is C17H27IN4OS. The van der Waals surface area contributed by atoms with Crippen LogP contribution >= 0.6 is 35.3 Å². The van der Waals surface area contributed by atoms with Crippen LogP contribution in [-0.2, 0) is 12.8 Å². The molecule has 7 heteroatoms. The zero-order valence-electron chi connectivity index (χ0n) is 14.6. The summed E-state index contributed by atoms with van der Waals surface area (Å²) in [5.74, 6) is 1.94. The van der Waals surface area contributed by atoms with Gasteiger partial charge in [-0.05, 0) is 25.5 Å². The van der Waals surface area contributed by atoms with Crippen LogP contribution in [0.15, 0.2) is 34.0 Å². The van der Waals surface area contributed by atoms with Gasteiger partial charge in [0.15, 0.2) is 5.96 Å². The van der Waals surface area contributed by atoms with Crippen molar-refractivity contribution in [3.63, 3.8) is 0 Å². The molecule has 0 atom stereocenters. The topological polar surface area (TPSA) is 53.7 Å². The van der Waals surface area contributed by atoms with E-state index in [2.05, 4.69) is 41.1 Å². The Morgan fingerprint density at radius 3 is 2.88 bits per heavy atom. The Bertz CT molecular complexity index is 598. The van der Waals surface area contributed by atoms with Crippen LogP contribution in [0.4, 0.5) is 0 Å². The molecule has 0 aliphatic rings. The molecule has 0 aliphatic heterocycles. The van der Waals surface area contributed by atoms with Gasteiger partial charge in [0.05, 0.1) is 11.3 Å². The quantitative estimate of drug-likeness (QED) is 0.369. The summed E-state index contributed by atoms with van der Waals surface area (Å²) in [7, 11) is 2.08. The Morgan fingerprint density at radius 1 is 1.42 bits per heavy atom. The summed E-state index contributed by atoms with van der Waals surface area (Å²) in [6.07, 6.45) is 6.50. The van der Waals surface area contributed by atoms with Crippen LogP contribution in [0, 0.1) is 6.92 Å². The molecule has 2 rings (SSSR count). The lowest BCUT2D eigenvalue weighted by molar-refractivity contribution is 0.474. The molecule has 0 amide bonds. The van der Waals surface area contributed by atoms with E-state index >= 15 is 0 Å². The summed E-state index contributed by atoms with van der Waals surface area (Å²) in [6, 6.07) is 3.92. The van der Waals surface area contributed by atoms with Gasteiger partial charge in [-0.1, -0.05) is 6.92 Å². The second kappa shape index (κ2) is 11.5. The van der Waals surface area contributed by atoms with Gasteiger partial charge in [-0.25, -0.2) is 4.98 Å². The number of rotatable bonds is 8. The van der Waals surface area contributed by atoms with Gasteiger partial charge in [0.25, 0.3) is 0 Å². The molecule has 2 aromatic heterocycles. The fraction of sp³-hybridized carbons (Fsp3) is 0.529. The van der Waals surface area contributed by atoms with Crippen LogP contribution in [0.1, 0.15) is 29.0 Å². The molecule has 0 saturated heterocycles. The van der Waals surface area contributed by atoms with Gasteiger partial charge >= 0.3 is 0 Å². The highest BCUT2D eigenvalue weighted by molar-refractivity contribution is 14.0. The smallest absolute Gasteiger partial charge is 0.193 e. The van der Waals surface area contributed by atoms with E-state index in [1.807, 2.05) is 18.3 Å². The van der Waals surface area contributed by atoms with Crippen LogP contribution in [0.25, 0.3) is 0 Å². The van der Waals surface area contributed by atoms with Gasteiger partial charge in [0.2, 0.25) is 0 Å². The van der Waals surface area contributed by atoms with Crippen molar-refractivity contribution < 1.29 is 4.42 Å². The zero-order valence-corrected chi connectivity index (χ0v) is 17.8. The Hall–Kier alpha value is -1.09. The highest BCUT2D eigenvalue weighted by Gasteiger charge is 2.08. The van der Waals surface area contributed by atoms with Crippen LogP contribution in [-0.4, -0.2) is 42.5 Å². The molecule has 0 spiro atoms. The predicted octanol–water partition coefficient (Wildman–Crippen LogP) is 3.74. The number of nitrogens with one attached hydrogen (secondary N) is 1. The largest absolute Gasteiger partial charge is 0.469 e. The van der Waals surface area contributed by atoms with E-state index in [9.17, 15) is 0 Å². The Kier molecular flexibility index (Phi) is 10.0. The number of halogens is 1. The second-order valence-corrected chi connectivity index (χ2v) is 6.82. The first-order chi connectivity index (χ1) is 11.2. The van der Waals surface area contributed by atoms with Crippen LogP contribution in [0.3, 0.4) is 0 Å². The van der Waals surface area contributed by atoms with Crippen LogP contribution < -0.4 is 5.32 Å². The number of aromatic nitrogens is 1. The molecule has 0 saturated carbocycles. The van der Waals surface area contributed by atoms with E-state index in [0.717, 1.165) is 50.6 Å². The summed E-state index contributed by atoms with van der Waals surface area (Å²) in [5, 5.41) is 4.61. The maximum absolute atomic E-state index is 5.36. The number of aliphatic imine (C=N–C) groups is 1. The van der Waals surface area contributed by atoms with E-state index in [4.69, 9.17) is 4.42 Å². The fourth-order valence-electron chi connectivity index (χ4n) is 2.17. The summed E-state index contributed by atoms with van der Waals surface area (Å²) in [6.45, 7) is 6.79. The Labute approximate surface area is 165 Å². The number of hydrogen-bond donors (Lipinski definition) is 1. The first-order valence-electron chi connectivity index (χ1n) is 8.12. The SMILES string of the molecule is CCCN=C(NCCc1ccco1)N(C)CCc1ncc(C)s1.I. The van der Waals surface area contributed by atoms with E-state index < -0.39 is 0 Å². The third kappa shape index (κ3) is 7.21. The average molecular weight is 462 g/mol. The molecule has 5 nitrogen and oxygen atoms in total. The van der Waals surface area contributed by atoms with Crippen molar-refractivity contribution in [1.29, 1.82) is 0 Å². The van der Waals surface area contributed by atoms with Crippen molar-refractivity contribution in [2.45, 2.75) is 33.1 Å². The fourth-order valence-corrected chi connectivity index (χ4v) is 2.94. The van der Waals surface area contributed by atoms with Gasteiger partial charge < -0.3 is 14.6 Å². The minimum absolute atomic E-state index is 0. The average Bonchev–Trinajstić information content (AvgIpc) is 3.20. The molecule has 0 radical (unpaired) electrons. The third-order valence-electron chi connectivity index (χ3n) is 3.41. The monoisotopic (exact) mass is 462 g/mol. The highest BCUT2D eigenvalue weighted by Crippen LogP contribution is 2.11. The molecule has 0 bridgehead atoms. The molecule has 24 heavy (non-hydrogen) atoms. The van der Waals surface area contributed by atoms with Crippen molar-refractivity contribution in [3.8, 4) is 0 Å². The first kappa shape index (κ1) is 21.0. The van der Waals surface area contributed by atoms with Crippen molar-refractivity contribution in [3.05, 3.63) is 40.2 Å². The number of thiazole rings is 1.